The molecule has 4 saturated heterocycles. The van der Waals surface area contributed by atoms with E-state index in [0.29, 0.717) is 63.7 Å². The Kier molecular flexibility index (Phi) is 20.4. The summed E-state index contributed by atoms with van der Waals surface area (Å²) < 4.78 is 55.3. The minimum absolute atomic E-state index is 0.00155. The topological polar surface area (TPSA) is 191 Å². The Balaban J connectivity index is 1.22. The Morgan fingerprint density at radius 1 is 1.01 bits per heavy atom. The predicted molar refractivity (Wildman–Crippen MR) is 275 cm³/mol. The highest BCUT2D eigenvalue weighted by molar-refractivity contribution is 5.78. The van der Waals surface area contributed by atoms with E-state index in [0.717, 1.165) is 25.0 Å². The van der Waals surface area contributed by atoms with Gasteiger partial charge in [0.05, 0.1) is 53.3 Å². The van der Waals surface area contributed by atoms with Crippen LogP contribution in [-0.2, 0) is 44.4 Å². The van der Waals surface area contributed by atoms with Crippen molar-refractivity contribution in [3.8, 4) is 0 Å². The number of halogens is 1. The number of carbonyl (C=O) groups excluding carboxylic acids is 2. The number of amides is 1. The summed E-state index contributed by atoms with van der Waals surface area (Å²) in [6.07, 6.45) is 8.15. The zero-order valence-electron chi connectivity index (χ0n) is 46.6. The van der Waals surface area contributed by atoms with Crippen LogP contribution in [0, 0.1) is 23.7 Å². The number of methoxy groups -OCH3 is 2. The van der Waals surface area contributed by atoms with Crippen LogP contribution < -0.4 is 0 Å². The number of hydrogen-bond donors (Lipinski definition) is 3. The number of likely N-dealkylation sites (N-methyl/N-ethyl adjacent to an activating group) is 2. The third-order valence-electron chi connectivity index (χ3n) is 17.4. The van der Waals surface area contributed by atoms with Gasteiger partial charge in [-0.15, -0.1) is 5.10 Å². The summed E-state index contributed by atoms with van der Waals surface area (Å²) in [5, 5.41) is 45.4. The molecule has 3 N–H and O–H groups in total. The van der Waals surface area contributed by atoms with Crippen LogP contribution in [0.5, 0.6) is 0 Å². The maximum atomic E-state index is 14.9. The lowest BCUT2D eigenvalue weighted by Crippen LogP contribution is -2.59. The smallest absolute Gasteiger partial charge is 0.309 e. The molecular formula is C55H93FN6O11. The van der Waals surface area contributed by atoms with Crippen molar-refractivity contribution in [3.05, 3.63) is 35.7 Å². The van der Waals surface area contributed by atoms with Gasteiger partial charge in [-0.2, -0.15) is 0 Å². The van der Waals surface area contributed by atoms with Gasteiger partial charge in [0.15, 0.2) is 6.29 Å². The fourth-order valence-corrected chi connectivity index (χ4v) is 13.2. The van der Waals surface area contributed by atoms with Gasteiger partial charge in [0.1, 0.15) is 36.6 Å². The molecule has 0 saturated carbocycles. The van der Waals surface area contributed by atoms with Crippen LogP contribution in [0.1, 0.15) is 139 Å². The Morgan fingerprint density at radius 2 is 1.74 bits per heavy atom. The van der Waals surface area contributed by atoms with Gasteiger partial charge in [-0.1, -0.05) is 51.1 Å². The number of aliphatic hydroxyl groups excluding tert-OH is 1. The first kappa shape index (κ1) is 59.3. The number of esters is 1. The van der Waals surface area contributed by atoms with Crippen LogP contribution in [0.3, 0.4) is 0 Å². The highest BCUT2D eigenvalue weighted by Gasteiger charge is 2.53. The number of likely N-dealkylation sites (tertiary alicyclic amines) is 1. The van der Waals surface area contributed by atoms with Crippen LogP contribution in [0.15, 0.2) is 30.0 Å². The summed E-state index contributed by atoms with van der Waals surface area (Å²) in [5.74, 6) is -2.29. The van der Waals surface area contributed by atoms with E-state index in [-0.39, 0.29) is 42.5 Å². The first-order valence-corrected chi connectivity index (χ1v) is 27.3. The molecule has 19 atom stereocenters. The average molecular weight is 1030 g/mol. The number of cyclic esters (lactones) is 1. The van der Waals surface area contributed by atoms with Gasteiger partial charge in [-0.05, 0) is 105 Å². The fraction of sp³-hybridized carbons (Fsp3) is 0.855. The molecule has 1 amide bonds. The maximum absolute atomic E-state index is 14.9. The van der Waals surface area contributed by atoms with Gasteiger partial charge in [-0.25, -0.2) is 9.07 Å². The molecule has 18 heteroatoms. The van der Waals surface area contributed by atoms with Crippen molar-refractivity contribution in [3.63, 3.8) is 0 Å². The Bertz CT molecular complexity index is 2020. The van der Waals surface area contributed by atoms with E-state index in [2.05, 4.69) is 36.1 Å². The molecule has 1 aromatic heterocycles. The number of aromatic nitrogens is 3. The van der Waals surface area contributed by atoms with Crippen molar-refractivity contribution in [1.29, 1.82) is 0 Å². The average Bonchev–Trinajstić information content (AvgIpc) is 4.00. The molecule has 416 valence electrons. The zero-order chi connectivity index (χ0) is 53.7. The lowest BCUT2D eigenvalue weighted by atomic mass is 9.69. The zero-order valence-corrected chi connectivity index (χ0v) is 46.6. The molecule has 5 aliphatic rings. The molecule has 6 rings (SSSR count). The van der Waals surface area contributed by atoms with Crippen molar-refractivity contribution < 1.29 is 57.7 Å². The third kappa shape index (κ3) is 14.0. The summed E-state index contributed by atoms with van der Waals surface area (Å²) in [6, 6.07) is -1.22. The molecule has 0 bridgehead atoms. The van der Waals surface area contributed by atoms with Gasteiger partial charge in [-0.3, -0.25) is 9.59 Å². The molecule has 1 aliphatic carbocycles. The monoisotopic (exact) mass is 1030 g/mol. The summed E-state index contributed by atoms with van der Waals surface area (Å²) in [6.45, 7) is 20.2. The normalized spacial score (nSPS) is 40.8. The Hall–Kier alpha value is -2.91. The second-order valence-corrected chi connectivity index (χ2v) is 23.5. The molecule has 0 spiro atoms. The van der Waals surface area contributed by atoms with Gasteiger partial charge in [0.2, 0.25) is 5.91 Å². The molecule has 4 aliphatic heterocycles. The van der Waals surface area contributed by atoms with E-state index < -0.39 is 96.1 Å². The van der Waals surface area contributed by atoms with Crippen molar-refractivity contribution in [2.24, 2.45) is 23.7 Å². The second kappa shape index (κ2) is 25.0. The molecule has 17 nitrogen and oxygen atoms in total. The molecule has 0 aromatic carbocycles. The van der Waals surface area contributed by atoms with Crippen LogP contribution in [0.25, 0.3) is 0 Å². The number of alkyl halides is 1. The van der Waals surface area contributed by atoms with Crippen LogP contribution in [-0.4, -0.2) is 195 Å². The quantitative estimate of drug-likeness (QED) is 0.178. The Labute approximate surface area is 435 Å². The standard InChI is InChI=1S/C55H93FN6O11/c1-15-45-55(10,67)50(64)38(7)60(12)31-33(2)27-54(9,66)51(36(5)48(37(6)52(65)72-45)44-29-53(8,69-14)28-35(4)70-44)73-47-26-42(25-34(3)71-47)59(11)24-22-40-32-62(58-57-40)43(30-56)49(68-13)39-18-20-41(21-19-39)61-23-16-17-46(61)63/h18-20,32-38,41-45,47-51,64,66-67H,15-17,21-31H2,1-14H3/t33-,34-,35+,36+,37-,38-,41?,42+,43-,44-,45-,47+,48?,49-,50-,51-,53+,54-,55-/m1/s1. The minimum Gasteiger partial charge on any atom is -0.459 e. The molecule has 4 fully saturated rings. The van der Waals surface area contributed by atoms with E-state index in [1.807, 2.05) is 83.5 Å². The molecule has 1 aromatic rings. The summed E-state index contributed by atoms with van der Waals surface area (Å²) >= 11 is 0. The number of ether oxygens (including phenoxy) is 6. The minimum atomic E-state index is -1.76. The van der Waals surface area contributed by atoms with Crippen molar-refractivity contribution in [2.75, 3.05) is 54.6 Å². The first-order valence-electron chi connectivity index (χ1n) is 27.3. The first-order chi connectivity index (χ1) is 34.4. The number of hydrogen-bond acceptors (Lipinski definition) is 15. The molecule has 5 heterocycles. The van der Waals surface area contributed by atoms with E-state index in [1.165, 1.54) is 6.92 Å². The van der Waals surface area contributed by atoms with Gasteiger partial charge in [0.25, 0.3) is 0 Å². The van der Waals surface area contributed by atoms with E-state index >= 15 is 0 Å². The van der Waals surface area contributed by atoms with Crippen molar-refractivity contribution in [1.82, 2.24) is 29.7 Å². The second-order valence-electron chi connectivity index (χ2n) is 23.5. The summed E-state index contributed by atoms with van der Waals surface area (Å²) in [4.78, 5) is 33.2. The lowest BCUT2D eigenvalue weighted by molar-refractivity contribution is -0.271. The van der Waals surface area contributed by atoms with E-state index in [9.17, 15) is 29.3 Å². The molecule has 2 unspecified atom stereocenters. The van der Waals surface area contributed by atoms with Gasteiger partial charge < -0.3 is 58.4 Å². The number of nitrogens with zero attached hydrogens (tertiary/aromatic N) is 6. The fourth-order valence-electron chi connectivity index (χ4n) is 13.2. The van der Waals surface area contributed by atoms with Gasteiger partial charge in [0, 0.05) is 90.2 Å². The van der Waals surface area contributed by atoms with E-state index in [4.69, 9.17) is 28.4 Å². The third-order valence-corrected chi connectivity index (χ3v) is 17.4. The maximum Gasteiger partial charge on any atom is 0.309 e. The Morgan fingerprint density at radius 3 is 2.36 bits per heavy atom. The highest BCUT2D eigenvalue weighted by atomic mass is 19.1. The number of carbonyl (C=O) groups is 2. The highest BCUT2D eigenvalue weighted by Crippen LogP contribution is 2.45. The molecular weight excluding hydrogens is 940 g/mol. The van der Waals surface area contributed by atoms with Crippen molar-refractivity contribution in [2.45, 2.75) is 223 Å². The van der Waals surface area contributed by atoms with Crippen molar-refractivity contribution >= 4 is 11.9 Å². The molecule has 73 heavy (non-hydrogen) atoms. The van der Waals surface area contributed by atoms with Crippen LogP contribution in [0.2, 0.25) is 0 Å². The lowest BCUT2D eigenvalue weighted by Gasteiger charge is -2.50. The largest absolute Gasteiger partial charge is 0.459 e. The van der Waals surface area contributed by atoms with Crippen LogP contribution >= 0.6 is 0 Å². The van der Waals surface area contributed by atoms with E-state index in [1.54, 1.807) is 25.1 Å². The number of rotatable bonds is 15. The SMILES string of the molecule is CC[C@H]1OC(=O)[C@H](C)C([C@H]2C[C@@](C)(OC)C[C@H](C)O2)[C@H](C)[C@@H](O[C@H]2C[C@@H](N(C)CCc3cn([C@H](CF)[C@H](OC)C4=CCC(N5CCCC5=O)C=C4)nn3)C[C@@H](C)O2)[C@](C)(O)C[C@@H](C)CN(C)[C@H](C)[C@@H](O)[C@]1(C)O. The summed E-state index contributed by atoms with van der Waals surface area (Å²) in [7, 11) is 7.23. The summed E-state index contributed by atoms with van der Waals surface area (Å²) in [5.41, 5.74) is -2.18. The predicted octanol–water partition coefficient (Wildman–Crippen LogP) is 5.84. The van der Waals surface area contributed by atoms with Crippen LogP contribution in [0.4, 0.5) is 4.39 Å². The molecule has 0 radical (unpaired) electrons. The van der Waals surface area contributed by atoms with Gasteiger partial charge >= 0.3 is 5.97 Å². The number of aliphatic hydroxyl groups is 3.